The normalized spacial score (nSPS) is 11.9. The summed E-state index contributed by atoms with van der Waals surface area (Å²) >= 11 is 1.15. The Hall–Kier alpha value is -2.35. The van der Waals surface area contributed by atoms with Crippen LogP contribution in [0.15, 0.2) is 34.2 Å². The van der Waals surface area contributed by atoms with Crippen LogP contribution in [-0.2, 0) is 4.79 Å². The Kier molecular flexibility index (Phi) is 5.16. The Bertz CT molecular complexity index is 715. The van der Waals surface area contributed by atoms with Crippen molar-refractivity contribution in [3.8, 4) is 5.75 Å². The topological polar surface area (TPSA) is 108 Å². The summed E-state index contributed by atoms with van der Waals surface area (Å²) < 4.78 is 0. The third-order valence-electron chi connectivity index (χ3n) is 2.89. The van der Waals surface area contributed by atoms with Crippen LogP contribution in [0.3, 0.4) is 0 Å². The molecule has 0 bridgehead atoms. The SMILES string of the molecule is CCC(Sc1nnc(C)c(=O)[nH]1)C(=O)Nc1ccc(O)cc1. The minimum Gasteiger partial charge on any atom is -0.508 e. The van der Waals surface area contributed by atoms with Gasteiger partial charge >= 0.3 is 0 Å². The lowest BCUT2D eigenvalue weighted by Crippen LogP contribution is -2.25. The second-order valence-electron chi connectivity index (χ2n) is 4.60. The van der Waals surface area contributed by atoms with E-state index >= 15 is 0 Å². The van der Waals surface area contributed by atoms with Crippen LogP contribution in [0.5, 0.6) is 5.75 Å². The number of aromatic hydroxyl groups is 1. The summed E-state index contributed by atoms with van der Waals surface area (Å²) in [7, 11) is 0. The molecule has 0 saturated heterocycles. The van der Waals surface area contributed by atoms with E-state index in [9.17, 15) is 14.7 Å². The van der Waals surface area contributed by atoms with E-state index in [1.54, 1.807) is 19.1 Å². The molecule has 0 aliphatic rings. The molecule has 0 saturated carbocycles. The summed E-state index contributed by atoms with van der Waals surface area (Å²) in [5.74, 6) is -0.0756. The number of amides is 1. The van der Waals surface area contributed by atoms with Gasteiger partial charge in [0.1, 0.15) is 11.4 Å². The van der Waals surface area contributed by atoms with Crippen molar-refractivity contribution in [2.75, 3.05) is 5.32 Å². The fraction of sp³-hybridized carbons (Fsp3) is 0.286. The van der Waals surface area contributed by atoms with Crippen LogP contribution in [0.1, 0.15) is 19.0 Å². The highest BCUT2D eigenvalue weighted by molar-refractivity contribution is 8.00. The lowest BCUT2D eigenvalue weighted by Gasteiger charge is -2.13. The summed E-state index contributed by atoms with van der Waals surface area (Å²) in [4.78, 5) is 26.3. The molecular formula is C14H16N4O3S. The Labute approximate surface area is 131 Å². The lowest BCUT2D eigenvalue weighted by atomic mass is 10.2. The number of rotatable bonds is 5. The molecule has 2 aromatic rings. The fourth-order valence-corrected chi connectivity index (χ4v) is 2.50. The van der Waals surface area contributed by atoms with Gasteiger partial charge in [-0.2, -0.15) is 0 Å². The zero-order chi connectivity index (χ0) is 16.1. The number of hydrogen-bond acceptors (Lipinski definition) is 6. The monoisotopic (exact) mass is 320 g/mol. The van der Waals surface area contributed by atoms with Gasteiger partial charge in [0.15, 0.2) is 5.16 Å². The molecule has 7 nitrogen and oxygen atoms in total. The standard InChI is InChI=1S/C14H16N4O3S/c1-3-11(22-14-16-12(20)8(2)17-18-14)13(21)15-9-4-6-10(19)7-5-9/h4-7,11,19H,3H2,1-2H3,(H,15,21)(H,16,18,20). The van der Waals surface area contributed by atoms with E-state index in [1.165, 1.54) is 12.1 Å². The number of phenolic OH excluding ortho intramolecular Hbond substituents is 1. The molecule has 3 N–H and O–H groups in total. The number of aromatic amines is 1. The first-order chi connectivity index (χ1) is 10.5. The van der Waals surface area contributed by atoms with Crippen LogP contribution in [0.25, 0.3) is 0 Å². The van der Waals surface area contributed by atoms with Gasteiger partial charge in [0, 0.05) is 5.69 Å². The Morgan fingerprint density at radius 1 is 1.36 bits per heavy atom. The van der Waals surface area contributed by atoms with Gasteiger partial charge in [-0.15, -0.1) is 10.2 Å². The quantitative estimate of drug-likeness (QED) is 0.571. The van der Waals surface area contributed by atoms with Crippen molar-refractivity contribution in [2.45, 2.75) is 30.7 Å². The van der Waals surface area contributed by atoms with Gasteiger partial charge in [0.05, 0.1) is 5.25 Å². The summed E-state index contributed by atoms with van der Waals surface area (Å²) in [5, 5.41) is 19.5. The lowest BCUT2D eigenvalue weighted by molar-refractivity contribution is -0.115. The number of phenols is 1. The molecule has 8 heteroatoms. The number of nitrogens with one attached hydrogen (secondary N) is 2. The molecule has 1 amide bonds. The van der Waals surface area contributed by atoms with E-state index in [4.69, 9.17) is 0 Å². The third kappa shape index (κ3) is 4.08. The molecule has 1 aromatic heterocycles. The summed E-state index contributed by atoms with van der Waals surface area (Å²) in [6.07, 6.45) is 0.562. The van der Waals surface area contributed by atoms with Crippen molar-refractivity contribution >= 4 is 23.4 Å². The predicted molar refractivity (Wildman–Crippen MR) is 84.1 cm³/mol. The van der Waals surface area contributed by atoms with Gasteiger partial charge < -0.3 is 10.4 Å². The van der Waals surface area contributed by atoms with Crippen molar-refractivity contribution in [2.24, 2.45) is 0 Å². The van der Waals surface area contributed by atoms with Gasteiger partial charge in [-0.3, -0.25) is 14.6 Å². The van der Waals surface area contributed by atoms with Crippen molar-refractivity contribution in [1.29, 1.82) is 0 Å². The van der Waals surface area contributed by atoms with Crippen molar-refractivity contribution in [1.82, 2.24) is 15.2 Å². The first-order valence-corrected chi connectivity index (χ1v) is 7.57. The second kappa shape index (κ2) is 7.08. The number of aryl methyl sites for hydroxylation is 1. The first-order valence-electron chi connectivity index (χ1n) is 6.69. The Morgan fingerprint density at radius 2 is 2.05 bits per heavy atom. The average Bonchev–Trinajstić information content (AvgIpc) is 2.50. The fourth-order valence-electron chi connectivity index (χ4n) is 1.66. The van der Waals surface area contributed by atoms with Crippen LogP contribution in [0.2, 0.25) is 0 Å². The number of aromatic nitrogens is 3. The predicted octanol–water partition coefficient (Wildman–Crippen LogP) is 1.69. The minimum absolute atomic E-state index is 0.131. The Balaban J connectivity index is 2.06. The van der Waals surface area contributed by atoms with Crippen LogP contribution < -0.4 is 10.9 Å². The number of carbonyl (C=O) groups excluding carboxylic acids is 1. The zero-order valence-electron chi connectivity index (χ0n) is 12.2. The summed E-state index contributed by atoms with van der Waals surface area (Å²) in [6, 6.07) is 6.20. The molecule has 116 valence electrons. The van der Waals surface area contributed by atoms with Crippen LogP contribution in [-0.4, -0.2) is 31.4 Å². The molecule has 1 aromatic carbocycles. The summed E-state index contributed by atoms with van der Waals surface area (Å²) in [5.41, 5.74) is 0.558. The molecule has 2 rings (SSSR count). The van der Waals surface area contributed by atoms with Crippen molar-refractivity contribution < 1.29 is 9.90 Å². The van der Waals surface area contributed by atoms with Crippen LogP contribution in [0, 0.1) is 6.92 Å². The summed E-state index contributed by atoms with van der Waals surface area (Å²) in [6.45, 7) is 3.43. The van der Waals surface area contributed by atoms with E-state index < -0.39 is 5.25 Å². The highest BCUT2D eigenvalue weighted by atomic mass is 32.2. The number of thioether (sulfide) groups is 1. The molecule has 0 spiro atoms. The molecular weight excluding hydrogens is 304 g/mol. The zero-order valence-corrected chi connectivity index (χ0v) is 13.0. The molecule has 0 radical (unpaired) electrons. The van der Waals surface area contributed by atoms with Gasteiger partial charge in [-0.05, 0) is 37.6 Å². The highest BCUT2D eigenvalue weighted by Crippen LogP contribution is 2.23. The smallest absolute Gasteiger partial charge is 0.273 e. The van der Waals surface area contributed by atoms with E-state index in [-0.39, 0.29) is 22.9 Å². The maximum Gasteiger partial charge on any atom is 0.273 e. The van der Waals surface area contributed by atoms with E-state index in [1.807, 2.05) is 6.92 Å². The van der Waals surface area contributed by atoms with Gasteiger partial charge in [-0.25, -0.2) is 0 Å². The average molecular weight is 320 g/mol. The van der Waals surface area contributed by atoms with Crippen molar-refractivity contribution in [3.63, 3.8) is 0 Å². The van der Waals surface area contributed by atoms with Gasteiger partial charge in [0.25, 0.3) is 5.56 Å². The first kappa shape index (κ1) is 16.0. The Morgan fingerprint density at radius 3 is 2.64 bits per heavy atom. The molecule has 0 aliphatic carbocycles. The largest absolute Gasteiger partial charge is 0.508 e. The second-order valence-corrected chi connectivity index (χ2v) is 5.79. The molecule has 0 fully saturated rings. The van der Waals surface area contributed by atoms with Gasteiger partial charge in [0.2, 0.25) is 5.91 Å². The van der Waals surface area contributed by atoms with E-state index in [2.05, 4.69) is 20.5 Å². The number of anilines is 1. The van der Waals surface area contributed by atoms with E-state index in [0.717, 1.165) is 11.8 Å². The molecule has 1 heterocycles. The third-order valence-corrected chi connectivity index (χ3v) is 4.13. The number of hydrogen-bond donors (Lipinski definition) is 3. The van der Waals surface area contributed by atoms with E-state index in [0.29, 0.717) is 17.3 Å². The number of H-pyrrole nitrogens is 1. The number of carbonyl (C=O) groups is 1. The van der Waals surface area contributed by atoms with Crippen molar-refractivity contribution in [3.05, 3.63) is 40.3 Å². The maximum atomic E-state index is 12.3. The van der Waals surface area contributed by atoms with Gasteiger partial charge in [-0.1, -0.05) is 18.7 Å². The highest BCUT2D eigenvalue weighted by Gasteiger charge is 2.19. The molecule has 0 aliphatic heterocycles. The van der Waals surface area contributed by atoms with Crippen LogP contribution in [0.4, 0.5) is 5.69 Å². The number of nitrogens with zero attached hydrogens (tertiary/aromatic N) is 2. The number of benzene rings is 1. The maximum absolute atomic E-state index is 12.3. The molecule has 22 heavy (non-hydrogen) atoms. The molecule has 1 atom stereocenters. The molecule has 1 unspecified atom stereocenters. The van der Waals surface area contributed by atoms with Crippen LogP contribution >= 0.6 is 11.8 Å². The minimum atomic E-state index is -0.415.